The summed E-state index contributed by atoms with van der Waals surface area (Å²) in [4.78, 5) is 12.7. The van der Waals surface area contributed by atoms with Crippen LogP contribution in [-0.2, 0) is 6.61 Å². The summed E-state index contributed by atoms with van der Waals surface area (Å²) in [5, 5.41) is 0. The maximum Gasteiger partial charge on any atom is 0.231 e. The van der Waals surface area contributed by atoms with E-state index in [4.69, 9.17) is 9.47 Å². The molecule has 4 rings (SSSR count). The lowest BCUT2D eigenvalue weighted by molar-refractivity contribution is 0.101. The van der Waals surface area contributed by atoms with Gasteiger partial charge in [-0.25, -0.2) is 0 Å². The minimum absolute atomic E-state index is 0.111. The van der Waals surface area contributed by atoms with Crippen LogP contribution < -0.4 is 9.47 Å². The third-order valence-corrected chi connectivity index (χ3v) is 5.57. The molecule has 0 radical (unpaired) electrons. The Morgan fingerprint density at radius 1 is 0.929 bits per heavy atom. The summed E-state index contributed by atoms with van der Waals surface area (Å²) < 4.78 is 13.9. The van der Waals surface area contributed by atoms with Crippen molar-refractivity contribution in [2.24, 2.45) is 0 Å². The Balaban J connectivity index is 1.56. The van der Waals surface area contributed by atoms with Crippen molar-refractivity contribution in [2.45, 2.75) is 13.5 Å². The molecule has 0 bridgehead atoms. The Bertz CT molecular complexity index is 1070. The monoisotopic (exact) mass is 498 g/mol. The number of rotatable bonds is 4. The summed E-state index contributed by atoms with van der Waals surface area (Å²) in [7, 11) is 0. The van der Waals surface area contributed by atoms with Crippen LogP contribution in [0.25, 0.3) is 6.08 Å². The number of ether oxygens (including phenoxy) is 2. The highest BCUT2D eigenvalue weighted by molar-refractivity contribution is 9.10. The number of hydrogen-bond donors (Lipinski definition) is 0. The van der Waals surface area contributed by atoms with Gasteiger partial charge in [0.05, 0.1) is 5.56 Å². The second kappa shape index (κ2) is 7.94. The number of allylic oxidation sites excluding steroid dienone is 1. The molecule has 0 saturated heterocycles. The predicted octanol–water partition coefficient (Wildman–Crippen LogP) is 6.72. The van der Waals surface area contributed by atoms with Gasteiger partial charge >= 0.3 is 0 Å². The maximum absolute atomic E-state index is 12.7. The van der Waals surface area contributed by atoms with Crippen LogP contribution in [0.5, 0.6) is 11.5 Å². The largest absolute Gasteiger partial charge is 0.488 e. The molecule has 0 amide bonds. The molecule has 140 valence electrons. The van der Waals surface area contributed by atoms with E-state index in [1.165, 1.54) is 0 Å². The van der Waals surface area contributed by atoms with Crippen LogP contribution in [-0.4, -0.2) is 5.78 Å². The van der Waals surface area contributed by atoms with Crippen molar-refractivity contribution in [3.8, 4) is 11.5 Å². The average Bonchev–Trinajstić information content (AvgIpc) is 3.01. The van der Waals surface area contributed by atoms with E-state index in [9.17, 15) is 4.79 Å². The van der Waals surface area contributed by atoms with Crippen molar-refractivity contribution in [3.05, 3.63) is 97.6 Å². The van der Waals surface area contributed by atoms with Crippen molar-refractivity contribution in [2.75, 3.05) is 0 Å². The summed E-state index contributed by atoms with van der Waals surface area (Å²) in [6.07, 6.45) is 1.76. The molecule has 0 unspecified atom stereocenters. The first-order valence-corrected chi connectivity index (χ1v) is 10.3. The lowest BCUT2D eigenvalue weighted by Crippen LogP contribution is -1.98. The van der Waals surface area contributed by atoms with Gasteiger partial charge in [-0.1, -0.05) is 56.1 Å². The van der Waals surface area contributed by atoms with Gasteiger partial charge in [-0.2, -0.15) is 0 Å². The fraction of sp³-hybridized carbons (Fsp3) is 0.0870. The summed E-state index contributed by atoms with van der Waals surface area (Å²) in [6.45, 7) is 2.36. The van der Waals surface area contributed by atoms with Gasteiger partial charge in [-0.15, -0.1) is 0 Å². The van der Waals surface area contributed by atoms with Crippen molar-refractivity contribution >= 4 is 43.7 Å². The minimum Gasteiger partial charge on any atom is -0.488 e. The van der Waals surface area contributed by atoms with Crippen LogP contribution in [0.2, 0.25) is 0 Å². The summed E-state index contributed by atoms with van der Waals surface area (Å²) in [5.74, 6) is 1.49. The molecular weight excluding hydrogens is 484 g/mol. The number of halogens is 2. The van der Waals surface area contributed by atoms with Crippen molar-refractivity contribution < 1.29 is 14.3 Å². The highest BCUT2D eigenvalue weighted by Crippen LogP contribution is 2.39. The molecule has 3 aromatic rings. The summed E-state index contributed by atoms with van der Waals surface area (Å²) in [5.41, 5.74) is 3.36. The lowest BCUT2D eigenvalue weighted by Gasteiger charge is -2.11. The number of carbonyl (C=O) groups is 1. The van der Waals surface area contributed by atoms with E-state index in [0.29, 0.717) is 29.4 Å². The number of Topliss-reactive ketones (excluding diaryl/α,β-unsaturated/α-hetero) is 1. The van der Waals surface area contributed by atoms with E-state index in [0.717, 1.165) is 25.6 Å². The van der Waals surface area contributed by atoms with E-state index in [1.807, 2.05) is 61.5 Å². The van der Waals surface area contributed by atoms with E-state index in [1.54, 1.807) is 12.1 Å². The Kier molecular flexibility index (Phi) is 5.38. The molecule has 0 fully saturated rings. The second-order valence-electron chi connectivity index (χ2n) is 6.47. The van der Waals surface area contributed by atoms with Crippen LogP contribution in [0.4, 0.5) is 0 Å². The molecule has 1 aliphatic rings. The van der Waals surface area contributed by atoms with E-state index < -0.39 is 0 Å². The van der Waals surface area contributed by atoms with Crippen LogP contribution in [0, 0.1) is 6.92 Å². The highest BCUT2D eigenvalue weighted by atomic mass is 79.9. The lowest BCUT2D eigenvalue weighted by atomic mass is 10.1. The first-order valence-electron chi connectivity index (χ1n) is 8.72. The Labute approximate surface area is 180 Å². The standard InChI is InChI=1S/C23H16Br2O3/c1-14-20(27-13-16-4-8-18(25)9-5-16)11-10-19-22(26)21(28-23(14)19)12-15-2-6-17(24)7-3-15/h2-12H,13H2,1H3/b21-12-. The highest BCUT2D eigenvalue weighted by Gasteiger charge is 2.30. The Morgan fingerprint density at radius 3 is 2.25 bits per heavy atom. The van der Waals surface area contributed by atoms with Gasteiger partial charge in [-0.05, 0) is 60.5 Å². The molecule has 28 heavy (non-hydrogen) atoms. The van der Waals surface area contributed by atoms with Gasteiger partial charge in [0.2, 0.25) is 5.78 Å². The molecule has 0 spiro atoms. The van der Waals surface area contributed by atoms with E-state index in [-0.39, 0.29) is 5.78 Å². The average molecular weight is 500 g/mol. The number of fused-ring (bicyclic) bond motifs is 1. The zero-order valence-corrected chi connectivity index (χ0v) is 18.2. The molecule has 3 nitrogen and oxygen atoms in total. The molecule has 0 atom stereocenters. The van der Waals surface area contributed by atoms with Crippen molar-refractivity contribution in [1.82, 2.24) is 0 Å². The molecular formula is C23H16Br2O3. The van der Waals surface area contributed by atoms with Crippen LogP contribution in [0.15, 0.2) is 75.4 Å². The number of carbonyl (C=O) groups excluding carboxylic acids is 1. The van der Waals surface area contributed by atoms with Crippen LogP contribution >= 0.6 is 31.9 Å². The van der Waals surface area contributed by atoms with Gasteiger partial charge in [0, 0.05) is 14.5 Å². The van der Waals surface area contributed by atoms with Gasteiger partial charge in [-0.3, -0.25) is 4.79 Å². The van der Waals surface area contributed by atoms with Crippen molar-refractivity contribution in [1.29, 1.82) is 0 Å². The van der Waals surface area contributed by atoms with Gasteiger partial charge < -0.3 is 9.47 Å². The molecule has 0 N–H and O–H groups in total. The molecule has 1 aliphatic heterocycles. The first kappa shape index (κ1) is 19.0. The van der Waals surface area contributed by atoms with Crippen molar-refractivity contribution in [3.63, 3.8) is 0 Å². The van der Waals surface area contributed by atoms with E-state index in [2.05, 4.69) is 31.9 Å². The quantitative estimate of drug-likeness (QED) is 0.374. The second-order valence-corrected chi connectivity index (χ2v) is 8.30. The first-order chi connectivity index (χ1) is 13.5. The van der Waals surface area contributed by atoms with Crippen LogP contribution in [0.1, 0.15) is 27.0 Å². The fourth-order valence-corrected chi connectivity index (χ4v) is 3.51. The Morgan fingerprint density at radius 2 is 1.57 bits per heavy atom. The molecule has 1 heterocycles. The summed E-state index contributed by atoms with van der Waals surface area (Å²) in [6, 6.07) is 19.3. The summed E-state index contributed by atoms with van der Waals surface area (Å²) >= 11 is 6.84. The SMILES string of the molecule is Cc1c(OCc2ccc(Br)cc2)ccc2c1O/C(=C\c1ccc(Br)cc1)C2=O. The van der Waals surface area contributed by atoms with E-state index >= 15 is 0 Å². The molecule has 0 aromatic heterocycles. The van der Waals surface area contributed by atoms with Gasteiger partial charge in [0.25, 0.3) is 0 Å². The van der Waals surface area contributed by atoms with Gasteiger partial charge in [0.1, 0.15) is 18.1 Å². The number of ketones is 1. The van der Waals surface area contributed by atoms with Gasteiger partial charge in [0.15, 0.2) is 5.76 Å². The maximum atomic E-state index is 12.7. The smallest absolute Gasteiger partial charge is 0.231 e. The predicted molar refractivity (Wildman–Crippen MR) is 117 cm³/mol. The Hall–Kier alpha value is -2.37. The molecule has 3 aromatic carbocycles. The zero-order chi connectivity index (χ0) is 19.7. The molecule has 5 heteroatoms. The fourth-order valence-electron chi connectivity index (χ4n) is 2.98. The zero-order valence-electron chi connectivity index (χ0n) is 15.0. The third kappa shape index (κ3) is 3.91. The number of hydrogen-bond acceptors (Lipinski definition) is 3. The molecule has 0 aliphatic carbocycles. The third-order valence-electron chi connectivity index (χ3n) is 4.51. The van der Waals surface area contributed by atoms with Crippen LogP contribution in [0.3, 0.4) is 0 Å². The molecule has 0 saturated carbocycles. The minimum atomic E-state index is -0.111. The normalized spacial score (nSPS) is 14.1. The number of benzene rings is 3. The topological polar surface area (TPSA) is 35.5 Å².